The number of hydrogen-bond acceptors (Lipinski definition) is 2. The molecule has 0 aliphatic heterocycles. The number of aromatic nitrogens is 1. The molecule has 4 nitrogen and oxygen atoms in total. The van der Waals surface area contributed by atoms with E-state index >= 15 is 0 Å². The number of rotatable bonds is 10. The molecule has 0 saturated carbocycles. The molecular formula is C25H32ClN3O. The van der Waals surface area contributed by atoms with Crippen LogP contribution in [0.15, 0.2) is 48.0 Å². The second kappa shape index (κ2) is 11.6. The fourth-order valence-corrected chi connectivity index (χ4v) is 3.81. The lowest BCUT2D eigenvalue weighted by Gasteiger charge is -2.12. The highest BCUT2D eigenvalue weighted by Crippen LogP contribution is 2.29. The Morgan fingerprint density at radius 2 is 1.83 bits per heavy atom. The normalized spacial score (nSPS) is 11.5. The summed E-state index contributed by atoms with van der Waals surface area (Å²) in [5.41, 5.74) is 4.97. The Morgan fingerprint density at radius 1 is 1.17 bits per heavy atom. The SMILES string of the molecule is C=C(/N=C\C=C/C)n1c(CC)c(CCC)c(C(=O)NCc2ccc(Cl)cc2)c1CC. The number of halogens is 1. The van der Waals surface area contributed by atoms with Gasteiger partial charge in [0, 0.05) is 29.2 Å². The lowest BCUT2D eigenvalue weighted by Crippen LogP contribution is -2.24. The summed E-state index contributed by atoms with van der Waals surface area (Å²) in [7, 11) is 0. The van der Waals surface area contributed by atoms with Gasteiger partial charge in [0.25, 0.3) is 5.91 Å². The van der Waals surface area contributed by atoms with Crippen LogP contribution in [-0.2, 0) is 25.8 Å². The predicted molar refractivity (Wildman–Crippen MR) is 128 cm³/mol. The molecule has 1 aromatic heterocycles. The number of nitrogens with zero attached hydrogens (tertiary/aromatic N) is 2. The van der Waals surface area contributed by atoms with Crippen molar-refractivity contribution < 1.29 is 4.79 Å². The van der Waals surface area contributed by atoms with Gasteiger partial charge in [-0.05, 0) is 55.5 Å². The van der Waals surface area contributed by atoms with E-state index in [4.69, 9.17) is 11.6 Å². The van der Waals surface area contributed by atoms with Gasteiger partial charge in [-0.25, -0.2) is 4.99 Å². The number of benzene rings is 1. The molecule has 0 radical (unpaired) electrons. The smallest absolute Gasteiger partial charge is 0.253 e. The van der Waals surface area contributed by atoms with E-state index in [-0.39, 0.29) is 5.91 Å². The Hall–Kier alpha value is -2.59. The number of carbonyl (C=O) groups is 1. The van der Waals surface area contributed by atoms with E-state index in [0.29, 0.717) is 17.4 Å². The molecule has 1 heterocycles. The van der Waals surface area contributed by atoms with Crippen molar-refractivity contribution in [3.05, 3.63) is 76.1 Å². The molecule has 0 aliphatic carbocycles. The van der Waals surface area contributed by atoms with Crippen LogP contribution in [0.3, 0.4) is 0 Å². The third-order valence-electron chi connectivity index (χ3n) is 5.00. The van der Waals surface area contributed by atoms with Crippen LogP contribution < -0.4 is 5.32 Å². The van der Waals surface area contributed by atoms with Crippen molar-refractivity contribution in [2.75, 3.05) is 0 Å². The van der Waals surface area contributed by atoms with Gasteiger partial charge in [0.1, 0.15) is 5.82 Å². The molecular weight excluding hydrogens is 394 g/mol. The van der Waals surface area contributed by atoms with Crippen LogP contribution in [-0.4, -0.2) is 16.7 Å². The van der Waals surface area contributed by atoms with Crippen LogP contribution in [0.4, 0.5) is 0 Å². The van der Waals surface area contributed by atoms with E-state index in [1.807, 2.05) is 43.3 Å². The summed E-state index contributed by atoms with van der Waals surface area (Å²) in [5, 5.41) is 3.77. The number of carbonyl (C=O) groups excluding carboxylic acids is 1. The summed E-state index contributed by atoms with van der Waals surface area (Å²) in [4.78, 5) is 17.8. The van der Waals surface area contributed by atoms with Crippen LogP contribution in [0.25, 0.3) is 5.82 Å². The molecule has 160 valence electrons. The number of hydrogen-bond donors (Lipinski definition) is 1. The first-order valence-corrected chi connectivity index (χ1v) is 11.0. The maximum atomic E-state index is 13.3. The van der Waals surface area contributed by atoms with E-state index in [9.17, 15) is 4.79 Å². The Balaban J connectivity index is 2.46. The van der Waals surface area contributed by atoms with Crippen molar-refractivity contribution in [3.63, 3.8) is 0 Å². The Bertz CT molecular complexity index is 936. The molecule has 30 heavy (non-hydrogen) atoms. The van der Waals surface area contributed by atoms with Crippen molar-refractivity contribution >= 4 is 29.5 Å². The standard InChI is InChI=1S/C25H32ClN3O/c1-6-10-16-27-18(5)29-22(8-3)21(11-7-2)24(23(29)9-4)25(30)28-17-19-12-14-20(26)15-13-19/h6,10,12-16H,5,7-9,11,17H2,1-4H3,(H,28,30)/b10-6-,27-16-. The molecule has 1 N–H and O–H groups in total. The van der Waals surface area contributed by atoms with E-state index < -0.39 is 0 Å². The van der Waals surface area contributed by atoms with Gasteiger partial charge in [-0.1, -0.05) is 63.6 Å². The maximum Gasteiger partial charge on any atom is 0.253 e. The molecule has 0 atom stereocenters. The highest BCUT2D eigenvalue weighted by Gasteiger charge is 2.26. The number of allylic oxidation sites excluding steroid dienone is 2. The number of aliphatic imine (C=N–C) groups is 1. The lowest BCUT2D eigenvalue weighted by molar-refractivity contribution is 0.0949. The third kappa shape index (κ3) is 5.51. The average Bonchev–Trinajstić information content (AvgIpc) is 3.06. The van der Waals surface area contributed by atoms with Crippen molar-refractivity contribution in [2.24, 2.45) is 4.99 Å². The number of nitrogens with one attached hydrogen (secondary N) is 1. The Kier molecular flexibility index (Phi) is 9.13. The first-order valence-electron chi connectivity index (χ1n) is 10.6. The summed E-state index contributed by atoms with van der Waals surface area (Å²) in [6.07, 6.45) is 8.87. The van der Waals surface area contributed by atoms with E-state index in [0.717, 1.165) is 53.8 Å². The van der Waals surface area contributed by atoms with Crippen molar-refractivity contribution in [2.45, 2.75) is 59.9 Å². The number of amides is 1. The van der Waals surface area contributed by atoms with Gasteiger partial charge in [0.2, 0.25) is 0 Å². The fraction of sp³-hybridized carbons (Fsp3) is 0.360. The molecule has 0 spiro atoms. The molecule has 2 aromatic rings. The molecule has 1 aromatic carbocycles. The average molecular weight is 426 g/mol. The zero-order valence-corrected chi connectivity index (χ0v) is 19.2. The minimum Gasteiger partial charge on any atom is -0.348 e. The lowest BCUT2D eigenvalue weighted by atomic mass is 10.0. The predicted octanol–water partition coefficient (Wildman–Crippen LogP) is 6.22. The van der Waals surface area contributed by atoms with Gasteiger partial charge >= 0.3 is 0 Å². The molecule has 0 unspecified atom stereocenters. The summed E-state index contributed by atoms with van der Waals surface area (Å²) < 4.78 is 2.07. The second-order valence-electron chi connectivity index (χ2n) is 7.07. The zero-order chi connectivity index (χ0) is 22.1. The summed E-state index contributed by atoms with van der Waals surface area (Å²) in [6.45, 7) is 12.9. The van der Waals surface area contributed by atoms with E-state index in [1.54, 1.807) is 6.21 Å². The van der Waals surface area contributed by atoms with Crippen LogP contribution in [0, 0.1) is 0 Å². The third-order valence-corrected chi connectivity index (χ3v) is 5.25. The molecule has 0 bridgehead atoms. The largest absolute Gasteiger partial charge is 0.348 e. The summed E-state index contributed by atoms with van der Waals surface area (Å²) >= 11 is 5.96. The van der Waals surface area contributed by atoms with Gasteiger partial charge < -0.3 is 9.88 Å². The Morgan fingerprint density at radius 3 is 2.40 bits per heavy atom. The van der Waals surface area contributed by atoms with Crippen molar-refractivity contribution in [1.29, 1.82) is 0 Å². The minimum atomic E-state index is -0.0519. The molecule has 5 heteroatoms. The first kappa shape index (κ1) is 23.7. The van der Waals surface area contributed by atoms with Crippen LogP contribution in [0.5, 0.6) is 0 Å². The van der Waals surface area contributed by atoms with E-state index in [2.05, 4.69) is 42.2 Å². The van der Waals surface area contributed by atoms with Gasteiger partial charge in [0.05, 0.1) is 5.56 Å². The molecule has 0 saturated heterocycles. The highest BCUT2D eigenvalue weighted by molar-refractivity contribution is 6.30. The van der Waals surface area contributed by atoms with Crippen molar-refractivity contribution in [1.82, 2.24) is 9.88 Å². The van der Waals surface area contributed by atoms with Gasteiger partial charge in [-0.15, -0.1) is 0 Å². The molecule has 0 fully saturated rings. The molecule has 0 aliphatic rings. The minimum absolute atomic E-state index is 0.0519. The van der Waals surface area contributed by atoms with Crippen LogP contribution >= 0.6 is 11.6 Å². The fourth-order valence-electron chi connectivity index (χ4n) is 3.68. The van der Waals surface area contributed by atoms with Crippen molar-refractivity contribution in [3.8, 4) is 0 Å². The van der Waals surface area contributed by atoms with Crippen LogP contribution in [0.1, 0.15) is 67.0 Å². The van der Waals surface area contributed by atoms with Gasteiger partial charge in [0.15, 0.2) is 0 Å². The highest BCUT2D eigenvalue weighted by atomic mass is 35.5. The second-order valence-corrected chi connectivity index (χ2v) is 7.51. The molecule has 2 rings (SSSR count). The maximum absolute atomic E-state index is 13.3. The van der Waals surface area contributed by atoms with Gasteiger partial charge in [-0.3, -0.25) is 4.79 Å². The summed E-state index contributed by atoms with van der Waals surface area (Å²) in [5.74, 6) is 0.583. The topological polar surface area (TPSA) is 46.4 Å². The first-order chi connectivity index (χ1) is 14.5. The summed E-state index contributed by atoms with van der Waals surface area (Å²) in [6, 6.07) is 7.52. The van der Waals surface area contributed by atoms with E-state index in [1.165, 1.54) is 0 Å². The zero-order valence-electron chi connectivity index (χ0n) is 18.5. The quantitative estimate of drug-likeness (QED) is 0.451. The molecule has 1 amide bonds. The van der Waals surface area contributed by atoms with Gasteiger partial charge in [-0.2, -0.15) is 0 Å². The Labute approximate surface area is 185 Å². The monoisotopic (exact) mass is 425 g/mol. The van der Waals surface area contributed by atoms with Crippen LogP contribution in [0.2, 0.25) is 5.02 Å².